The lowest BCUT2D eigenvalue weighted by atomic mass is 9.94. The molecule has 3 heterocycles. The molecule has 54 heavy (non-hydrogen) atoms. The van der Waals surface area contributed by atoms with Gasteiger partial charge in [-0.1, -0.05) is 133 Å². The lowest BCUT2D eigenvalue weighted by Gasteiger charge is -2.13. The minimum absolute atomic E-state index is 0.606. The SMILES string of the molecule is c1ccc(-c2nc(-c3cc(-c4ccc5c(c4)sc4ccccc45)cc(-c4cccc5c4oc4ccccc45)c3)nc(-c3ccc4ccccc4c3)n2)cc1. The van der Waals surface area contributed by atoms with Gasteiger partial charge in [0.25, 0.3) is 0 Å². The van der Waals surface area contributed by atoms with Gasteiger partial charge in [-0.05, 0) is 69.9 Å². The van der Waals surface area contributed by atoms with Crippen LogP contribution in [0.15, 0.2) is 180 Å². The van der Waals surface area contributed by atoms with Gasteiger partial charge in [-0.15, -0.1) is 11.3 Å². The Morgan fingerprint density at radius 3 is 1.89 bits per heavy atom. The number of nitrogens with zero attached hydrogens (tertiary/aromatic N) is 3. The molecule has 8 aromatic carbocycles. The van der Waals surface area contributed by atoms with Crippen molar-refractivity contribution in [3.8, 4) is 56.4 Å². The maximum Gasteiger partial charge on any atom is 0.164 e. The highest BCUT2D eigenvalue weighted by molar-refractivity contribution is 7.25. The van der Waals surface area contributed by atoms with Crippen molar-refractivity contribution in [2.75, 3.05) is 0 Å². The first-order valence-electron chi connectivity index (χ1n) is 18.0. The van der Waals surface area contributed by atoms with Crippen molar-refractivity contribution in [1.82, 2.24) is 15.0 Å². The Morgan fingerprint density at radius 1 is 0.352 bits per heavy atom. The average molecular weight is 708 g/mol. The van der Waals surface area contributed by atoms with Gasteiger partial charge in [0.2, 0.25) is 0 Å². The first-order valence-corrected chi connectivity index (χ1v) is 18.8. The van der Waals surface area contributed by atoms with Crippen LogP contribution in [0.1, 0.15) is 0 Å². The van der Waals surface area contributed by atoms with Gasteiger partial charge in [0.05, 0.1) is 0 Å². The first-order chi connectivity index (χ1) is 26.7. The van der Waals surface area contributed by atoms with Crippen LogP contribution in [-0.4, -0.2) is 15.0 Å². The standard InChI is InChI=1S/C49H29N3OS/c1-2-12-31(13-3-1)47-50-48(34-22-21-30-11-4-5-14-32(30)25-34)52-49(51-47)37-27-35(33-23-24-41-40-16-7-9-20-44(40)54-45(41)29-33)26-36(28-37)38-17-10-18-42-39-15-6-8-19-43(39)53-46(38)42/h1-29H. The van der Waals surface area contributed by atoms with Gasteiger partial charge in [-0.3, -0.25) is 0 Å². The van der Waals surface area contributed by atoms with E-state index in [1.54, 1.807) is 0 Å². The minimum atomic E-state index is 0.606. The number of para-hydroxylation sites is 2. The Morgan fingerprint density at radius 2 is 1.00 bits per heavy atom. The summed E-state index contributed by atoms with van der Waals surface area (Å²) in [5.74, 6) is 1.86. The van der Waals surface area contributed by atoms with Crippen LogP contribution in [0.5, 0.6) is 0 Å². The summed E-state index contributed by atoms with van der Waals surface area (Å²) in [6.07, 6.45) is 0. The summed E-state index contributed by atoms with van der Waals surface area (Å²) in [5, 5.41) is 7.06. The molecule has 0 fully saturated rings. The highest BCUT2D eigenvalue weighted by atomic mass is 32.1. The molecule has 0 aliphatic carbocycles. The molecule has 11 aromatic rings. The first kappa shape index (κ1) is 30.7. The van der Waals surface area contributed by atoms with Gasteiger partial charge in [0.15, 0.2) is 17.5 Å². The van der Waals surface area contributed by atoms with Gasteiger partial charge in [0.1, 0.15) is 11.2 Å². The molecule has 11 rings (SSSR count). The third kappa shape index (κ3) is 5.17. The summed E-state index contributed by atoms with van der Waals surface area (Å²) in [7, 11) is 0. The fourth-order valence-electron chi connectivity index (χ4n) is 7.64. The van der Waals surface area contributed by atoms with Crippen molar-refractivity contribution in [1.29, 1.82) is 0 Å². The van der Waals surface area contributed by atoms with Gasteiger partial charge in [-0.25, -0.2) is 15.0 Å². The van der Waals surface area contributed by atoms with Crippen LogP contribution in [0.4, 0.5) is 0 Å². The van der Waals surface area contributed by atoms with E-state index >= 15 is 0 Å². The second kappa shape index (κ2) is 12.3. The molecule has 0 saturated heterocycles. The van der Waals surface area contributed by atoms with E-state index in [0.717, 1.165) is 66.3 Å². The highest BCUT2D eigenvalue weighted by Crippen LogP contribution is 2.41. The molecule has 5 heteroatoms. The predicted octanol–water partition coefficient (Wildman–Crippen LogP) is 13.6. The molecule has 0 atom stereocenters. The molecule has 0 aliphatic rings. The number of thiophene rings is 1. The number of hydrogen-bond donors (Lipinski definition) is 0. The number of fused-ring (bicyclic) bond motifs is 7. The van der Waals surface area contributed by atoms with Gasteiger partial charge < -0.3 is 4.42 Å². The molecule has 0 aliphatic heterocycles. The van der Waals surface area contributed by atoms with E-state index in [9.17, 15) is 0 Å². The molecule has 4 nitrogen and oxygen atoms in total. The zero-order chi connectivity index (χ0) is 35.6. The molecule has 0 N–H and O–H groups in total. The Balaban J connectivity index is 1.16. The second-order valence-corrected chi connectivity index (χ2v) is 14.7. The molecule has 0 radical (unpaired) electrons. The van der Waals surface area contributed by atoms with Crippen molar-refractivity contribution in [3.63, 3.8) is 0 Å². The third-order valence-corrected chi connectivity index (χ3v) is 11.4. The summed E-state index contributed by atoms with van der Waals surface area (Å²) >= 11 is 1.83. The van der Waals surface area contributed by atoms with Crippen molar-refractivity contribution in [2.24, 2.45) is 0 Å². The molecule has 0 saturated carbocycles. The summed E-state index contributed by atoms with van der Waals surface area (Å²) in [6.45, 7) is 0. The lowest BCUT2D eigenvalue weighted by molar-refractivity contribution is 0.670. The number of benzene rings is 8. The Hall–Kier alpha value is -6.95. The zero-order valence-electron chi connectivity index (χ0n) is 28.9. The van der Waals surface area contributed by atoms with Gasteiger partial charge in [0, 0.05) is 53.2 Å². The molecule has 0 spiro atoms. The maximum absolute atomic E-state index is 6.57. The molecule has 0 unspecified atom stereocenters. The van der Waals surface area contributed by atoms with E-state index in [1.165, 1.54) is 25.6 Å². The van der Waals surface area contributed by atoms with Crippen LogP contribution < -0.4 is 0 Å². The van der Waals surface area contributed by atoms with E-state index in [0.29, 0.717) is 17.5 Å². The number of hydrogen-bond acceptors (Lipinski definition) is 5. The third-order valence-electron chi connectivity index (χ3n) is 10.3. The van der Waals surface area contributed by atoms with Gasteiger partial charge >= 0.3 is 0 Å². The zero-order valence-corrected chi connectivity index (χ0v) is 29.7. The average Bonchev–Trinajstić information content (AvgIpc) is 3.82. The number of aromatic nitrogens is 3. The van der Waals surface area contributed by atoms with Crippen LogP contribution in [-0.2, 0) is 0 Å². The van der Waals surface area contributed by atoms with Crippen LogP contribution in [0.3, 0.4) is 0 Å². The Kier molecular flexibility index (Phi) is 7.00. The predicted molar refractivity (Wildman–Crippen MR) is 225 cm³/mol. The van der Waals surface area contributed by atoms with E-state index in [-0.39, 0.29) is 0 Å². The maximum atomic E-state index is 6.57. The van der Waals surface area contributed by atoms with Crippen LogP contribution in [0.2, 0.25) is 0 Å². The molecular weight excluding hydrogens is 679 g/mol. The summed E-state index contributed by atoms with van der Waals surface area (Å²) in [5.41, 5.74) is 8.74. The van der Waals surface area contributed by atoms with Crippen molar-refractivity contribution in [2.45, 2.75) is 0 Å². The highest BCUT2D eigenvalue weighted by Gasteiger charge is 2.18. The van der Waals surface area contributed by atoms with Gasteiger partial charge in [-0.2, -0.15) is 0 Å². The minimum Gasteiger partial charge on any atom is -0.455 e. The fraction of sp³-hybridized carbons (Fsp3) is 0. The van der Waals surface area contributed by atoms with Crippen molar-refractivity contribution in [3.05, 3.63) is 176 Å². The van der Waals surface area contributed by atoms with E-state index < -0.39 is 0 Å². The van der Waals surface area contributed by atoms with Crippen molar-refractivity contribution < 1.29 is 4.42 Å². The second-order valence-electron chi connectivity index (χ2n) is 13.6. The Bertz CT molecular complexity index is 3230. The molecule has 3 aromatic heterocycles. The monoisotopic (exact) mass is 707 g/mol. The quantitative estimate of drug-likeness (QED) is 0.179. The van der Waals surface area contributed by atoms with E-state index in [4.69, 9.17) is 19.4 Å². The molecular formula is C49H29N3OS. The lowest BCUT2D eigenvalue weighted by Crippen LogP contribution is -2.00. The smallest absolute Gasteiger partial charge is 0.164 e. The largest absolute Gasteiger partial charge is 0.455 e. The normalized spacial score (nSPS) is 11.7. The van der Waals surface area contributed by atoms with Crippen LogP contribution >= 0.6 is 11.3 Å². The summed E-state index contributed by atoms with van der Waals surface area (Å²) < 4.78 is 9.11. The fourth-order valence-corrected chi connectivity index (χ4v) is 8.78. The molecule has 0 amide bonds. The van der Waals surface area contributed by atoms with E-state index in [2.05, 4.69) is 133 Å². The van der Waals surface area contributed by atoms with Crippen LogP contribution in [0.25, 0.3) is 109 Å². The van der Waals surface area contributed by atoms with Crippen molar-refractivity contribution >= 4 is 64.2 Å². The number of rotatable bonds is 5. The summed E-state index contributed by atoms with van der Waals surface area (Å²) in [6, 6.07) is 61.6. The van der Waals surface area contributed by atoms with Crippen LogP contribution in [0, 0.1) is 0 Å². The Labute approximate surface area is 314 Å². The summed E-state index contributed by atoms with van der Waals surface area (Å²) in [4.78, 5) is 15.4. The topological polar surface area (TPSA) is 51.8 Å². The molecule has 252 valence electrons. The number of furan rings is 1. The van der Waals surface area contributed by atoms with E-state index in [1.807, 2.05) is 53.8 Å². The molecule has 0 bridgehead atoms.